The molecule has 1 saturated carbocycles. The van der Waals surface area contributed by atoms with E-state index in [4.69, 9.17) is 27.9 Å². The average Bonchev–Trinajstić information content (AvgIpc) is 3.09. The SMILES string of the molecule is Cc1cccc(NC(=O)O[C@H](C)CNC(=O)[C@@H]2[C@H](C=C(Cl)Cl)C2(C)C)c1C. The van der Waals surface area contributed by atoms with Crippen molar-refractivity contribution in [3.8, 4) is 0 Å². The number of aryl methyl sites for hydroxylation is 1. The first-order valence-electron chi connectivity index (χ1n) is 8.88. The van der Waals surface area contributed by atoms with E-state index in [9.17, 15) is 9.59 Å². The summed E-state index contributed by atoms with van der Waals surface area (Å²) in [5.41, 5.74) is 2.59. The summed E-state index contributed by atoms with van der Waals surface area (Å²) in [7, 11) is 0. The Morgan fingerprint density at radius 1 is 1.30 bits per heavy atom. The van der Waals surface area contributed by atoms with E-state index in [-0.39, 0.29) is 34.2 Å². The molecule has 2 amide bonds. The van der Waals surface area contributed by atoms with Crippen molar-refractivity contribution in [2.75, 3.05) is 11.9 Å². The standard InChI is InChI=1S/C20H26Cl2N2O3/c1-11-7-6-8-15(13(11)3)24-19(26)27-12(2)10-23-18(25)17-14(9-16(21)22)20(17,4)5/h6-9,12,14,17H,10H2,1-5H3,(H,23,25)(H,24,26)/t12-,14+,17+/m1/s1. The van der Waals surface area contributed by atoms with Gasteiger partial charge in [-0.1, -0.05) is 49.2 Å². The first-order valence-corrected chi connectivity index (χ1v) is 9.64. The monoisotopic (exact) mass is 412 g/mol. The highest BCUT2D eigenvalue weighted by Gasteiger charge is 2.60. The smallest absolute Gasteiger partial charge is 0.411 e. The molecule has 0 bridgehead atoms. The van der Waals surface area contributed by atoms with Crippen molar-refractivity contribution in [1.29, 1.82) is 0 Å². The molecule has 1 fully saturated rings. The Labute approximate surface area is 170 Å². The predicted molar refractivity (Wildman–Crippen MR) is 109 cm³/mol. The summed E-state index contributed by atoms with van der Waals surface area (Å²) < 4.78 is 5.49. The van der Waals surface area contributed by atoms with Gasteiger partial charge in [-0.25, -0.2) is 4.79 Å². The largest absolute Gasteiger partial charge is 0.444 e. The van der Waals surface area contributed by atoms with Gasteiger partial charge >= 0.3 is 6.09 Å². The molecule has 0 radical (unpaired) electrons. The number of benzene rings is 1. The van der Waals surface area contributed by atoms with E-state index in [1.54, 1.807) is 13.0 Å². The Bertz CT molecular complexity index is 758. The molecule has 0 unspecified atom stereocenters. The molecule has 148 valence electrons. The number of halogens is 2. The molecule has 1 aliphatic rings. The van der Waals surface area contributed by atoms with Crippen LogP contribution < -0.4 is 10.6 Å². The summed E-state index contributed by atoms with van der Waals surface area (Å²) in [5, 5.41) is 5.57. The molecule has 0 aromatic heterocycles. The fourth-order valence-electron chi connectivity index (χ4n) is 3.23. The van der Waals surface area contributed by atoms with E-state index in [0.717, 1.165) is 11.1 Å². The van der Waals surface area contributed by atoms with Gasteiger partial charge < -0.3 is 10.1 Å². The Hall–Kier alpha value is -1.72. The van der Waals surface area contributed by atoms with Gasteiger partial charge in [0.15, 0.2) is 0 Å². The van der Waals surface area contributed by atoms with E-state index in [1.807, 2.05) is 45.9 Å². The number of ether oxygens (including phenoxy) is 1. The number of allylic oxidation sites excluding steroid dienone is 1. The third kappa shape index (κ3) is 5.39. The van der Waals surface area contributed by atoms with Crippen LogP contribution in [0.5, 0.6) is 0 Å². The Kier molecular flexibility index (Phi) is 6.82. The molecule has 1 aliphatic carbocycles. The third-order valence-electron chi connectivity index (χ3n) is 5.21. The third-order valence-corrected chi connectivity index (χ3v) is 5.46. The highest BCUT2D eigenvalue weighted by molar-refractivity contribution is 6.55. The molecule has 0 spiro atoms. The molecule has 7 heteroatoms. The Morgan fingerprint density at radius 3 is 2.59 bits per heavy atom. The molecule has 3 atom stereocenters. The molecular formula is C20H26Cl2N2O3. The maximum atomic E-state index is 12.4. The van der Waals surface area contributed by atoms with Crippen molar-refractivity contribution >= 4 is 40.9 Å². The van der Waals surface area contributed by atoms with Crippen LogP contribution >= 0.6 is 23.2 Å². The van der Waals surface area contributed by atoms with Crippen LogP contribution in [0.15, 0.2) is 28.8 Å². The number of nitrogens with one attached hydrogen (secondary N) is 2. The van der Waals surface area contributed by atoms with Crippen molar-refractivity contribution < 1.29 is 14.3 Å². The van der Waals surface area contributed by atoms with E-state index in [2.05, 4.69) is 10.6 Å². The van der Waals surface area contributed by atoms with Gasteiger partial charge in [-0.15, -0.1) is 0 Å². The number of anilines is 1. The predicted octanol–water partition coefficient (Wildman–Crippen LogP) is 4.95. The van der Waals surface area contributed by atoms with Crippen LogP contribution in [0.2, 0.25) is 0 Å². The molecular weight excluding hydrogens is 387 g/mol. The van der Waals surface area contributed by atoms with Crippen LogP contribution in [-0.4, -0.2) is 24.6 Å². The summed E-state index contributed by atoms with van der Waals surface area (Å²) in [6.45, 7) is 9.86. The Balaban J connectivity index is 1.81. The van der Waals surface area contributed by atoms with Crippen LogP contribution in [0.25, 0.3) is 0 Å². The number of carbonyl (C=O) groups excluding carboxylic acids is 2. The molecule has 1 aromatic carbocycles. The van der Waals surface area contributed by atoms with Crippen molar-refractivity contribution in [2.24, 2.45) is 17.3 Å². The summed E-state index contributed by atoms with van der Waals surface area (Å²) in [6.07, 6.45) is 0.684. The Morgan fingerprint density at radius 2 is 1.96 bits per heavy atom. The second-order valence-electron chi connectivity index (χ2n) is 7.61. The maximum absolute atomic E-state index is 12.4. The number of amides is 2. The van der Waals surface area contributed by atoms with Crippen molar-refractivity contribution in [3.05, 3.63) is 39.9 Å². The second-order valence-corrected chi connectivity index (χ2v) is 8.62. The quantitative estimate of drug-likeness (QED) is 0.694. The topological polar surface area (TPSA) is 67.4 Å². The minimum absolute atomic E-state index is 0.00585. The highest BCUT2D eigenvalue weighted by Crippen LogP contribution is 2.59. The number of carbonyl (C=O) groups is 2. The zero-order chi connectivity index (χ0) is 20.4. The van der Waals surface area contributed by atoms with Crippen LogP contribution in [0.3, 0.4) is 0 Å². The van der Waals surface area contributed by atoms with Gasteiger partial charge in [0, 0.05) is 5.69 Å². The lowest BCUT2D eigenvalue weighted by Gasteiger charge is -2.16. The van der Waals surface area contributed by atoms with E-state index < -0.39 is 12.2 Å². The average molecular weight is 413 g/mol. The van der Waals surface area contributed by atoms with Gasteiger partial charge in [-0.3, -0.25) is 10.1 Å². The molecule has 5 nitrogen and oxygen atoms in total. The summed E-state index contributed by atoms with van der Waals surface area (Å²) in [5.74, 6) is -0.284. The van der Waals surface area contributed by atoms with Crippen LogP contribution in [-0.2, 0) is 9.53 Å². The van der Waals surface area contributed by atoms with Gasteiger partial charge in [-0.2, -0.15) is 0 Å². The lowest BCUT2D eigenvalue weighted by molar-refractivity contribution is -0.123. The van der Waals surface area contributed by atoms with Crippen LogP contribution in [0, 0.1) is 31.1 Å². The fourth-order valence-corrected chi connectivity index (χ4v) is 3.50. The van der Waals surface area contributed by atoms with Crippen molar-refractivity contribution in [2.45, 2.75) is 40.7 Å². The van der Waals surface area contributed by atoms with Gasteiger partial charge in [0.2, 0.25) is 5.91 Å². The number of hydrogen-bond donors (Lipinski definition) is 2. The molecule has 0 aliphatic heterocycles. The summed E-state index contributed by atoms with van der Waals surface area (Å²) in [4.78, 5) is 24.5. The first kappa shape index (κ1) is 21.6. The van der Waals surface area contributed by atoms with Crippen molar-refractivity contribution in [1.82, 2.24) is 5.32 Å². The van der Waals surface area contributed by atoms with Gasteiger partial charge in [0.25, 0.3) is 0 Å². The molecule has 2 N–H and O–H groups in total. The number of hydrogen-bond acceptors (Lipinski definition) is 3. The lowest BCUT2D eigenvalue weighted by Crippen LogP contribution is -2.35. The van der Waals surface area contributed by atoms with Crippen LogP contribution in [0.1, 0.15) is 31.9 Å². The summed E-state index contributed by atoms with van der Waals surface area (Å²) in [6, 6.07) is 5.67. The zero-order valence-corrected chi connectivity index (χ0v) is 17.7. The first-order chi connectivity index (χ1) is 12.5. The van der Waals surface area contributed by atoms with Gasteiger partial charge in [0.05, 0.1) is 12.5 Å². The zero-order valence-electron chi connectivity index (χ0n) is 16.2. The van der Waals surface area contributed by atoms with Gasteiger partial charge in [-0.05, 0) is 55.4 Å². The molecule has 0 heterocycles. The minimum Gasteiger partial charge on any atom is -0.444 e. The highest BCUT2D eigenvalue weighted by atomic mass is 35.5. The minimum atomic E-state index is -0.549. The lowest BCUT2D eigenvalue weighted by atomic mass is 10.1. The van der Waals surface area contributed by atoms with E-state index >= 15 is 0 Å². The second kappa shape index (κ2) is 8.53. The van der Waals surface area contributed by atoms with E-state index in [1.165, 1.54) is 0 Å². The van der Waals surface area contributed by atoms with Gasteiger partial charge in [0.1, 0.15) is 10.6 Å². The summed E-state index contributed by atoms with van der Waals surface area (Å²) >= 11 is 11.4. The van der Waals surface area contributed by atoms with E-state index in [0.29, 0.717) is 5.69 Å². The molecule has 0 saturated heterocycles. The van der Waals surface area contributed by atoms with Crippen molar-refractivity contribution in [3.63, 3.8) is 0 Å². The fraction of sp³-hybridized carbons (Fsp3) is 0.500. The molecule has 1 aromatic rings. The van der Waals surface area contributed by atoms with Crippen LogP contribution in [0.4, 0.5) is 10.5 Å². The maximum Gasteiger partial charge on any atom is 0.411 e. The number of rotatable bonds is 6. The molecule has 27 heavy (non-hydrogen) atoms. The normalized spacial score (nSPS) is 21.0. The molecule has 2 rings (SSSR count).